The van der Waals surface area contributed by atoms with Crippen LogP contribution in [0.1, 0.15) is 69.7 Å². The molecule has 10 heteroatoms. The predicted molar refractivity (Wildman–Crippen MR) is 191 cm³/mol. The molecule has 0 bridgehead atoms. The van der Waals surface area contributed by atoms with Gasteiger partial charge in [-0.15, -0.1) is 0 Å². The van der Waals surface area contributed by atoms with Gasteiger partial charge in [-0.3, -0.25) is 9.59 Å². The summed E-state index contributed by atoms with van der Waals surface area (Å²) in [7, 11) is 3.25. The summed E-state index contributed by atoms with van der Waals surface area (Å²) < 4.78 is 4.25. The molecule has 10 nitrogen and oxygen atoms in total. The number of aromatic amines is 2. The maximum atomic E-state index is 12.5. The fourth-order valence-electron chi connectivity index (χ4n) is 6.25. The van der Waals surface area contributed by atoms with E-state index in [2.05, 4.69) is 110 Å². The van der Waals surface area contributed by atoms with Crippen LogP contribution in [0.2, 0.25) is 0 Å². The first-order valence-electron chi connectivity index (χ1n) is 16.8. The summed E-state index contributed by atoms with van der Waals surface area (Å²) in [6, 6.07) is 21.8. The summed E-state index contributed by atoms with van der Waals surface area (Å²) in [4.78, 5) is 41.1. The number of rotatable bonds is 8. The van der Waals surface area contributed by atoms with Crippen LogP contribution in [-0.4, -0.2) is 71.0 Å². The van der Waals surface area contributed by atoms with Gasteiger partial charge in [-0.2, -0.15) is 0 Å². The fourth-order valence-corrected chi connectivity index (χ4v) is 6.25. The second-order valence-electron chi connectivity index (χ2n) is 12.2. The minimum Gasteiger partial charge on any atom is -0.388 e. The number of hydrogen-bond acceptors (Lipinski definition) is 6. The third-order valence-corrected chi connectivity index (χ3v) is 8.49. The molecule has 48 heavy (non-hydrogen) atoms. The molecule has 5 aromatic rings. The van der Waals surface area contributed by atoms with Crippen LogP contribution in [0.25, 0.3) is 44.4 Å². The Morgan fingerprint density at radius 1 is 0.854 bits per heavy atom. The maximum absolute atomic E-state index is 12.5. The molecule has 2 amide bonds. The normalized spacial score (nSPS) is 17.0. The summed E-state index contributed by atoms with van der Waals surface area (Å²) in [5.41, 5.74) is 6.47. The van der Waals surface area contributed by atoms with Gasteiger partial charge in [-0.1, -0.05) is 68.8 Å². The van der Waals surface area contributed by atoms with Crippen molar-refractivity contribution < 1.29 is 14.3 Å². The van der Waals surface area contributed by atoms with Crippen molar-refractivity contribution in [3.05, 3.63) is 84.7 Å². The van der Waals surface area contributed by atoms with Crippen LogP contribution < -0.4 is 10.6 Å². The molecule has 4 heterocycles. The minimum atomic E-state index is -0.103. The Balaban J connectivity index is 0.000000701. The topological polar surface area (TPSA) is 128 Å². The molecule has 0 saturated carbocycles. The second kappa shape index (κ2) is 16.9. The summed E-state index contributed by atoms with van der Waals surface area (Å²) in [5, 5.41) is 8.28. The van der Waals surface area contributed by atoms with E-state index in [-0.39, 0.29) is 18.5 Å². The van der Waals surface area contributed by atoms with Crippen molar-refractivity contribution in [2.24, 2.45) is 0 Å². The van der Waals surface area contributed by atoms with Crippen molar-refractivity contribution in [2.45, 2.75) is 58.0 Å². The van der Waals surface area contributed by atoms with Crippen LogP contribution in [0.15, 0.2) is 73.1 Å². The van der Waals surface area contributed by atoms with Crippen molar-refractivity contribution in [3.8, 4) is 33.6 Å². The molecule has 2 aliphatic heterocycles. The number of amides is 2. The number of carbonyl (C=O) groups excluding carboxylic acids is 2. The zero-order chi connectivity index (χ0) is 33.9. The minimum absolute atomic E-state index is 0.00770. The van der Waals surface area contributed by atoms with E-state index < -0.39 is 0 Å². The number of likely N-dealkylation sites (tertiary alicyclic amines) is 1. The molecular formula is C38H47N7O3. The lowest BCUT2D eigenvalue weighted by Gasteiger charge is -2.23. The number of carbonyl (C=O) groups is 2. The average Bonchev–Trinajstić information content (AvgIpc) is 3.94. The first-order chi connectivity index (χ1) is 23.5. The van der Waals surface area contributed by atoms with Crippen LogP contribution in [0.5, 0.6) is 0 Å². The number of H-pyrrole nitrogens is 2. The number of nitrogens with zero attached hydrogens (tertiary/aromatic N) is 3. The van der Waals surface area contributed by atoms with Gasteiger partial charge in [0.05, 0.1) is 42.4 Å². The van der Waals surface area contributed by atoms with Crippen molar-refractivity contribution >= 4 is 23.1 Å². The number of nitrogens with one attached hydrogen (secondary N) is 4. The van der Waals surface area contributed by atoms with Crippen molar-refractivity contribution in [1.82, 2.24) is 35.5 Å². The van der Waals surface area contributed by atoms with Crippen LogP contribution in [0.3, 0.4) is 0 Å². The first-order valence-corrected chi connectivity index (χ1v) is 16.8. The number of hydrogen-bond donors (Lipinski definition) is 4. The van der Waals surface area contributed by atoms with E-state index in [9.17, 15) is 9.59 Å². The van der Waals surface area contributed by atoms with E-state index >= 15 is 0 Å². The Labute approximate surface area is 282 Å². The molecule has 2 atom stereocenters. The quantitative estimate of drug-likeness (QED) is 0.137. The SMILES string of the molecule is CCC.COC.O=CNCC(=O)N1CCCC1c1ncc(-c2ccc3cc(-c4ccc(-c5cnc(C6CCCN6)[nH]5)cc4)ccc3c2)[nH]1. The highest BCUT2D eigenvalue weighted by atomic mass is 16.4. The van der Waals surface area contributed by atoms with Crippen LogP contribution in [0, 0.1) is 0 Å². The molecule has 7 rings (SSSR count). The zero-order valence-electron chi connectivity index (χ0n) is 28.4. The van der Waals surface area contributed by atoms with Gasteiger partial charge >= 0.3 is 0 Å². The predicted octanol–water partition coefficient (Wildman–Crippen LogP) is 6.80. The Morgan fingerprint density at radius 2 is 1.44 bits per heavy atom. The highest BCUT2D eigenvalue weighted by Crippen LogP contribution is 2.33. The molecule has 252 valence electrons. The van der Waals surface area contributed by atoms with E-state index in [1.807, 2.05) is 12.4 Å². The monoisotopic (exact) mass is 649 g/mol. The molecule has 0 aliphatic carbocycles. The molecule has 2 unspecified atom stereocenters. The number of benzene rings is 3. The third-order valence-electron chi connectivity index (χ3n) is 8.49. The van der Waals surface area contributed by atoms with Gasteiger partial charge in [-0.25, -0.2) is 9.97 Å². The van der Waals surface area contributed by atoms with E-state index in [4.69, 9.17) is 0 Å². The summed E-state index contributed by atoms with van der Waals surface area (Å²) in [6.07, 6.45) is 9.65. The zero-order valence-corrected chi connectivity index (χ0v) is 28.4. The summed E-state index contributed by atoms with van der Waals surface area (Å²) in [6.45, 7) is 5.98. The summed E-state index contributed by atoms with van der Waals surface area (Å²) >= 11 is 0. The highest BCUT2D eigenvalue weighted by molar-refractivity contribution is 5.90. The molecule has 2 fully saturated rings. The molecule has 0 radical (unpaired) electrons. The van der Waals surface area contributed by atoms with Gasteiger partial charge in [0.15, 0.2) is 0 Å². The number of methoxy groups -OCH3 is 1. The highest BCUT2D eigenvalue weighted by Gasteiger charge is 2.31. The maximum Gasteiger partial charge on any atom is 0.242 e. The largest absolute Gasteiger partial charge is 0.388 e. The Bertz CT molecular complexity index is 1770. The molecule has 0 spiro atoms. The van der Waals surface area contributed by atoms with Gasteiger partial charge in [0.25, 0.3) is 0 Å². The van der Waals surface area contributed by atoms with Crippen molar-refractivity contribution in [2.75, 3.05) is 33.9 Å². The molecule has 2 aromatic heterocycles. The molecule has 3 aromatic carbocycles. The number of ether oxygens (including phenoxy) is 1. The standard InChI is InChI=1S/C33H33N7O2.C3H8.C2H6O/c41-20-34-19-31(42)40-14-2-4-30(40)33-37-18-29(39-33)26-12-11-24-15-23(9-10-25(24)16-26)21-5-7-22(8-6-21)28-17-36-32(38-28)27-3-1-13-35-27;2*1-3-2/h5-12,15-18,20,27,30,35H,1-4,13-14,19H2,(H,34,41)(H,36,38)(H,37,39);3H2,1-2H3;1-2H3. The van der Waals surface area contributed by atoms with E-state index in [1.54, 1.807) is 19.1 Å². The van der Waals surface area contributed by atoms with Gasteiger partial charge < -0.3 is 30.2 Å². The number of imidazole rings is 2. The number of aromatic nitrogens is 4. The van der Waals surface area contributed by atoms with Crippen molar-refractivity contribution in [3.63, 3.8) is 0 Å². The van der Waals surface area contributed by atoms with Crippen molar-refractivity contribution in [1.29, 1.82) is 0 Å². The van der Waals surface area contributed by atoms with Gasteiger partial charge in [0, 0.05) is 26.3 Å². The van der Waals surface area contributed by atoms with E-state index in [0.717, 1.165) is 70.7 Å². The Morgan fingerprint density at radius 3 is 2.10 bits per heavy atom. The lowest BCUT2D eigenvalue weighted by Crippen LogP contribution is -2.37. The van der Waals surface area contributed by atoms with Crippen LogP contribution in [0.4, 0.5) is 0 Å². The molecular weight excluding hydrogens is 602 g/mol. The third kappa shape index (κ3) is 8.18. The Hall–Kier alpha value is -4.80. The number of fused-ring (bicyclic) bond motifs is 1. The first kappa shape index (κ1) is 34.5. The van der Waals surface area contributed by atoms with Crippen LogP contribution >= 0.6 is 0 Å². The molecule has 2 aliphatic rings. The lowest BCUT2D eigenvalue weighted by atomic mass is 9.98. The molecule has 4 N–H and O–H groups in total. The summed E-state index contributed by atoms with van der Waals surface area (Å²) in [5.74, 6) is 1.71. The smallest absolute Gasteiger partial charge is 0.242 e. The van der Waals surface area contributed by atoms with Gasteiger partial charge in [0.2, 0.25) is 12.3 Å². The second-order valence-corrected chi connectivity index (χ2v) is 12.2. The fraction of sp³-hybridized carbons (Fsp3) is 0.368. The van der Waals surface area contributed by atoms with Gasteiger partial charge in [-0.05, 0) is 71.8 Å². The molecule has 2 saturated heterocycles. The lowest BCUT2D eigenvalue weighted by molar-refractivity contribution is -0.132. The van der Waals surface area contributed by atoms with E-state index in [1.165, 1.54) is 24.0 Å². The Kier molecular flexibility index (Phi) is 12.1. The average molecular weight is 650 g/mol. The van der Waals surface area contributed by atoms with Crippen LogP contribution in [-0.2, 0) is 14.3 Å². The van der Waals surface area contributed by atoms with Gasteiger partial charge in [0.1, 0.15) is 11.6 Å². The van der Waals surface area contributed by atoms with E-state index in [0.29, 0.717) is 19.0 Å².